The summed E-state index contributed by atoms with van der Waals surface area (Å²) in [5, 5.41) is 11.3. The number of nitrogens with one attached hydrogen (secondary N) is 1. The van der Waals surface area contributed by atoms with E-state index in [1.807, 2.05) is 0 Å². The van der Waals surface area contributed by atoms with E-state index >= 15 is 0 Å². The van der Waals surface area contributed by atoms with E-state index in [0.29, 0.717) is 19.6 Å². The van der Waals surface area contributed by atoms with Crippen LogP contribution in [0.15, 0.2) is 0 Å². The lowest BCUT2D eigenvalue weighted by molar-refractivity contribution is -0.142. The summed E-state index contributed by atoms with van der Waals surface area (Å²) >= 11 is 0. The van der Waals surface area contributed by atoms with Crippen molar-refractivity contribution in [2.75, 3.05) is 13.2 Å². The third kappa shape index (κ3) is 4.39. The molecule has 7 heteroatoms. The van der Waals surface area contributed by atoms with Gasteiger partial charge in [-0.1, -0.05) is 0 Å². The average Bonchev–Trinajstić information content (AvgIpc) is 2.76. The van der Waals surface area contributed by atoms with E-state index < -0.39 is 17.9 Å². The number of hydrogen-bond acceptors (Lipinski definition) is 4. The van der Waals surface area contributed by atoms with Crippen molar-refractivity contribution < 1.29 is 24.2 Å². The van der Waals surface area contributed by atoms with Crippen LogP contribution in [0.4, 0.5) is 0 Å². The maximum absolute atomic E-state index is 11.6. The Kier molecular flexibility index (Phi) is 4.89. The van der Waals surface area contributed by atoms with Gasteiger partial charge in [0.1, 0.15) is 6.04 Å². The first-order valence-corrected chi connectivity index (χ1v) is 5.40. The molecule has 17 heavy (non-hydrogen) atoms. The molecule has 1 unspecified atom stereocenters. The highest BCUT2D eigenvalue weighted by Crippen LogP contribution is 2.12. The van der Waals surface area contributed by atoms with E-state index in [4.69, 9.17) is 15.6 Å². The number of carboxylic acids is 1. The molecular weight excluding hydrogens is 228 g/mol. The SMILES string of the molecule is NC(=O)CC[C@H](NC(=O)C1CCOC1)C(=O)O. The van der Waals surface area contributed by atoms with Gasteiger partial charge in [-0.3, -0.25) is 9.59 Å². The van der Waals surface area contributed by atoms with Gasteiger partial charge >= 0.3 is 5.97 Å². The number of carbonyl (C=O) groups excluding carboxylic acids is 2. The minimum absolute atomic E-state index is 0.00395. The lowest BCUT2D eigenvalue weighted by Crippen LogP contribution is -2.44. The molecule has 1 fully saturated rings. The molecule has 0 saturated carbocycles. The van der Waals surface area contributed by atoms with Gasteiger partial charge in [0.25, 0.3) is 0 Å². The number of ether oxygens (including phenoxy) is 1. The number of hydrogen-bond donors (Lipinski definition) is 3. The largest absolute Gasteiger partial charge is 0.480 e. The van der Waals surface area contributed by atoms with Crippen molar-refractivity contribution >= 4 is 17.8 Å². The van der Waals surface area contributed by atoms with Gasteiger partial charge < -0.3 is 20.9 Å². The van der Waals surface area contributed by atoms with E-state index in [9.17, 15) is 14.4 Å². The number of rotatable bonds is 6. The van der Waals surface area contributed by atoms with Gasteiger partial charge in [0.2, 0.25) is 11.8 Å². The van der Waals surface area contributed by atoms with Crippen LogP contribution in [-0.2, 0) is 19.1 Å². The zero-order chi connectivity index (χ0) is 12.8. The Morgan fingerprint density at radius 3 is 2.65 bits per heavy atom. The van der Waals surface area contributed by atoms with E-state index in [0.717, 1.165) is 0 Å². The van der Waals surface area contributed by atoms with Gasteiger partial charge in [-0.2, -0.15) is 0 Å². The topological polar surface area (TPSA) is 119 Å². The molecule has 96 valence electrons. The summed E-state index contributed by atoms with van der Waals surface area (Å²) in [7, 11) is 0. The van der Waals surface area contributed by atoms with E-state index in [1.54, 1.807) is 0 Å². The van der Waals surface area contributed by atoms with Gasteiger partial charge in [0.15, 0.2) is 0 Å². The Labute approximate surface area is 98.3 Å². The van der Waals surface area contributed by atoms with Gasteiger partial charge in [0.05, 0.1) is 12.5 Å². The summed E-state index contributed by atoms with van der Waals surface area (Å²) < 4.78 is 5.04. The fourth-order valence-corrected chi connectivity index (χ4v) is 1.57. The van der Waals surface area contributed by atoms with E-state index in [-0.39, 0.29) is 24.7 Å². The maximum atomic E-state index is 11.6. The second-order valence-electron chi connectivity index (χ2n) is 3.96. The monoisotopic (exact) mass is 244 g/mol. The Bertz CT molecular complexity index is 312. The Morgan fingerprint density at radius 2 is 2.18 bits per heavy atom. The van der Waals surface area contributed by atoms with Gasteiger partial charge in [-0.25, -0.2) is 4.79 Å². The molecule has 7 nitrogen and oxygen atoms in total. The van der Waals surface area contributed by atoms with Crippen LogP contribution in [-0.4, -0.2) is 42.1 Å². The summed E-state index contributed by atoms with van der Waals surface area (Å²) in [5.41, 5.74) is 4.93. The molecule has 1 heterocycles. The quantitative estimate of drug-likeness (QED) is 0.545. The molecule has 0 bridgehead atoms. The highest BCUT2D eigenvalue weighted by atomic mass is 16.5. The van der Waals surface area contributed by atoms with Gasteiger partial charge in [-0.15, -0.1) is 0 Å². The van der Waals surface area contributed by atoms with Crippen LogP contribution >= 0.6 is 0 Å². The Morgan fingerprint density at radius 1 is 1.47 bits per heavy atom. The van der Waals surface area contributed by atoms with Gasteiger partial charge in [0, 0.05) is 13.0 Å². The third-order valence-electron chi connectivity index (χ3n) is 2.59. The molecule has 2 amide bonds. The number of aliphatic carboxylic acids is 1. The molecular formula is C10H16N2O5. The number of nitrogens with two attached hydrogens (primary N) is 1. The molecule has 0 aromatic heterocycles. The minimum atomic E-state index is -1.17. The smallest absolute Gasteiger partial charge is 0.326 e. The predicted molar refractivity (Wildman–Crippen MR) is 56.9 cm³/mol. The summed E-state index contributed by atoms with van der Waals surface area (Å²) in [5.74, 6) is -2.40. The van der Waals surface area contributed by atoms with Crippen LogP contribution in [0.3, 0.4) is 0 Å². The van der Waals surface area contributed by atoms with Crippen LogP contribution < -0.4 is 11.1 Å². The molecule has 4 N–H and O–H groups in total. The molecule has 1 rings (SSSR count). The molecule has 0 aliphatic carbocycles. The van der Waals surface area contributed by atoms with E-state index in [1.165, 1.54) is 0 Å². The highest BCUT2D eigenvalue weighted by molar-refractivity contribution is 5.85. The van der Waals surface area contributed by atoms with Crippen molar-refractivity contribution in [3.63, 3.8) is 0 Å². The number of primary amides is 1. The van der Waals surface area contributed by atoms with Crippen molar-refractivity contribution in [2.24, 2.45) is 11.7 Å². The first-order chi connectivity index (χ1) is 8.00. The van der Waals surface area contributed by atoms with Crippen LogP contribution in [0.2, 0.25) is 0 Å². The zero-order valence-corrected chi connectivity index (χ0v) is 9.35. The number of carboxylic acid groups (broad SMARTS) is 1. The first-order valence-electron chi connectivity index (χ1n) is 5.40. The normalized spacial score (nSPS) is 20.8. The molecule has 0 spiro atoms. The van der Waals surface area contributed by atoms with Crippen molar-refractivity contribution in [2.45, 2.75) is 25.3 Å². The third-order valence-corrected chi connectivity index (χ3v) is 2.59. The Balaban J connectivity index is 2.44. The molecule has 1 aliphatic heterocycles. The summed E-state index contributed by atoms with van der Waals surface area (Å²) in [4.78, 5) is 33.1. The predicted octanol–water partition coefficient (Wildman–Crippen LogP) is -1.14. The molecule has 0 aromatic rings. The maximum Gasteiger partial charge on any atom is 0.326 e. The number of carbonyl (C=O) groups is 3. The van der Waals surface area contributed by atoms with Crippen LogP contribution in [0.5, 0.6) is 0 Å². The fraction of sp³-hybridized carbons (Fsp3) is 0.700. The molecule has 1 saturated heterocycles. The lowest BCUT2D eigenvalue weighted by Gasteiger charge is -2.16. The summed E-state index contributed by atoms with van der Waals surface area (Å²) in [6, 6.07) is -1.07. The molecule has 0 aromatic carbocycles. The standard InChI is InChI=1S/C10H16N2O5/c11-8(13)2-1-7(10(15)16)12-9(14)6-3-4-17-5-6/h6-7H,1-5H2,(H2,11,13)(H,12,14)(H,15,16)/t6?,7-/m0/s1. The lowest BCUT2D eigenvalue weighted by atomic mass is 10.1. The van der Waals surface area contributed by atoms with Crippen molar-refractivity contribution in [3.8, 4) is 0 Å². The first kappa shape index (κ1) is 13.4. The van der Waals surface area contributed by atoms with Gasteiger partial charge in [-0.05, 0) is 12.8 Å². The number of amides is 2. The molecule has 0 radical (unpaired) electrons. The molecule has 2 atom stereocenters. The fourth-order valence-electron chi connectivity index (χ4n) is 1.57. The molecule has 1 aliphatic rings. The summed E-state index contributed by atoms with van der Waals surface area (Å²) in [6.07, 6.45) is 0.524. The van der Waals surface area contributed by atoms with Crippen LogP contribution in [0.1, 0.15) is 19.3 Å². The minimum Gasteiger partial charge on any atom is -0.480 e. The van der Waals surface area contributed by atoms with Crippen molar-refractivity contribution in [1.82, 2.24) is 5.32 Å². The second kappa shape index (κ2) is 6.19. The van der Waals surface area contributed by atoms with Crippen LogP contribution in [0, 0.1) is 5.92 Å². The van der Waals surface area contributed by atoms with E-state index in [2.05, 4.69) is 5.32 Å². The zero-order valence-electron chi connectivity index (χ0n) is 9.35. The second-order valence-corrected chi connectivity index (χ2v) is 3.96. The highest BCUT2D eigenvalue weighted by Gasteiger charge is 2.27. The summed E-state index contributed by atoms with van der Waals surface area (Å²) in [6.45, 7) is 0.825. The van der Waals surface area contributed by atoms with Crippen molar-refractivity contribution in [1.29, 1.82) is 0 Å². The van der Waals surface area contributed by atoms with Crippen molar-refractivity contribution in [3.05, 3.63) is 0 Å². The Hall–Kier alpha value is -1.63. The average molecular weight is 244 g/mol. The van der Waals surface area contributed by atoms with Crippen LogP contribution in [0.25, 0.3) is 0 Å².